The molecule has 1 aliphatic heterocycles. The van der Waals surface area contributed by atoms with Gasteiger partial charge < -0.3 is 24.1 Å². The molecule has 0 radical (unpaired) electrons. The Balaban J connectivity index is 2.21. The van der Waals surface area contributed by atoms with Gasteiger partial charge in [0.1, 0.15) is 6.10 Å². The van der Waals surface area contributed by atoms with Crippen LogP contribution in [0, 0.1) is 10.1 Å². The lowest BCUT2D eigenvalue weighted by molar-refractivity contribution is -0.386. The van der Waals surface area contributed by atoms with Gasteiger partial charge in [0.25, 0.3) is 0 Å². The summed E-state index contributed by atoms with van der Waals surface area (Å²) in [5, 5.41) is 20.3. The molecule has 1 aliphatic rings. The number of aliphatic hydroxyl groups excluding tert-OH is 1. The van der Waals surface area contributed by atoms with Gasteiger partial charge >= 0.3 is 17.6 Å². The van der Waals surface area contributed by atoms with Crippen LogP contribution >= 0.6 is 0 Å². The number of carbonyl (C=O) groups excluding carboxylic acids is 2. The van der Waals surface area contributed by atoms with Crippen LogP contribution in [0.15, 0.2) is 18.2 Å². The topological polar surface area (TPSA) is 134 Å². The maximum atomic E-state index is 11.8. The van der Waals surface area contributed by atoms with Crippen molar-refractivity contribution in [1.82, 2.24) is 0 Å². The van der Waals surface area contributed by atoms with Gasteiger partial charge in [0.15, 0.2) is 11.9 Å². The molecule has 10 nitrogen and oxygen atoms in total. The molecule has 0 aromatic heterocycles. The zero-order valence-electron chi connectivity index (χ0n) is 14.2. The van der Waals surface area contributed by atoms with E-state index in [1.54, 1.807) is 0 Å². The summed E-state index contributed by atoms with van der Waals surface area (Å²) in [6.45, 7) is 0.872. The van der Waals surface area contributed by atoms with E-state index in [1.807, 2.05) is 0 Å². The number of methoxy groups -OCH3 is 1. The summed E-state index contributed by atoms with van der Waals surface area (Å²) in [6, 6.07) is 3.97. The summed E-state index contributed by atoms with van der Waals surface area (Å²) in [6.07, 6.45) is -2.57. The predicted molar refractivity (Wildman–Crippen MR) is 85.1 cm³/mol. The number of nitro groups is 1. The highest BCUT2D eigenvalue weighted by atomic mass is 16.7. The Morgan fingerprint density at radius 1 is 1.38 bits per heavy atom. The third-order valence-electron chi connectivity index (χ3n) is 3.71. The zero-order valence-corrected chi connectivity index (χ0v) is 14.2. The molecule has 142 valence electrons. The SMILES string of the molecule is COC(=O)[C@@H]1C[C@H](OC(C)=O)C[C@H](Oc2ccc(CO)cc2[N+](=O)[O-])O1. The molecule has 0 bridgehead atoms. The fourth-order valence-electron chi connectivity index (χ4n) is 2.58. The third kappa shape index (κ3) is 4.90. The van der Waals surface area contributed by atoms with Crippen molar-refractivity contribution in [3.63, 3.8) is 0 Å². The Labute approximate surface area is 148 Å². The van der Waals surface area contributed by atoms with E-state index in [0.717, 1.165) is 0 Å². The number of hydrogen-bond donors (Lipinski definition) is 1. The highest BCUT2D eigenvalue weighted by Crippen LogP contribution is 2.32. The molecule has 1 aromatic carbocycles. The lowest BCUT2D eigenvalue weighted by Gasteiger charge is -2.33. The molecule has 0 saturated carbocycles. The van der Waals surface area contributed by atoms with E-state index in [-0.39, 0.29) is 30.9 Å². The standard InChI is InChI=1S/C16H19NO9/c1-9(19)24-11-6-14(16(20)23-2)26-15(7-11)25-13-4-3-10(8-18)5-12(13)17(21)22/h3-5,11,14-15,18H,6-8H2,1-2H3/t11-,14-,15+/m0/s1. The van der Waals surface area contributed by atoms with Gasteiger partial charge in [0.2, 0.25) is 6.29 Å². The molecule has 26 heavy (non-hydrogen) atoms. The minimum Gasteiger partial charge on any atom is -0.467 e. The molecule has 1 N–H and O–H groups in total. The number of nitrogens with zero attached hydrogens (tertiary/aromatic N) is 1. The quantitative estimate of drug-likeness (QED) is 0.444. The summed E-state index contributed by atoms with van der Waals surface area (Å²) in [4.78, 5) is 33.5. The number of aliphatic hydroxyl groups is 1. The lowest BCUT2D eigenvalue weighted by atomic mass is 10.0. The molecular formula is C16H19NO9. The van der Waals surface area contributed by atoms with Crippen molar-refractivity contribution in [3.8, 4) is 5.75 Å². The van der Waals surface area contributed by atoms with Crippen LogP contribution in [-0.2, 0) is 30.4 Å². The first kappa shape index (κ1) is 19.6. The van der Waals surface area contributed by atoms with E-state index in [2.05, 4.69) is 4.74 Å². The van der Waals surface area contributed by atoms with Gasteiger partial charge in [0.05, 0.1) is 18.6 Å². The van der Waals surface area contributed by atoms with E-state index in [1.165, 1.54) is 32.2 Å². The average Bonchev–Trinajstić information content (AvgIpc) is 2.60. The first-order valence-electron chi connectivity index (χ1n) is 7.79. The van der Waals surface area contributed by atoms with Crippen molar-refractivity contribution in [3.05, 3.63) is 33.9 Å². The maximum Gasteiger partial charge on any atom is 0.335 e. The fourth-order valence-corrected chi connectivity index (χ4v) is 2.58. The zero-order chi connectivity index (χ0) is 19.3. The van der Waals surface area contributed by atoms with E-state index < -0.39 is 35.4 Å². The Kier molecular flexibility index (Phi) is 6.47. The molecule has 0 unspecified atom stereocenters. The summed E-state index contributed by atoms with van der Waals surface area (Å²) in [5.41, 5.74) is -0.0109. The van der Waals surface area contributed by atoms with Crippen LogP contribution in [0.4, 0.5) is 5.69 Å². The molecule has 0 amide bonds. The van der Waals surface area contributed by atoms with Gasteiger partial charge in [-0.2, -0.15) is 0 Å². The second-order valence-corrected chi connectivity index (χ2v) is 5.62. The van der Waals surface area contributed by atoms with Gasteiger partial charge in [0, 0.05) is 25.8 Å². The number of nitro benzene ring substituents is 1. The monoisotopic (exact) mass is 369 g/mol. The second kappa shape index (κ2) is 8.59. The smallest absolute Gasteiger partial charge is 0.335 e. The van der Waals surface area contributed by atoms with E-state index in [4.69, 9.17) is 19.3 Å². The first-order chi connectivity index (χ1) is 12.3. The third-order valence-corrected chi connectivity index (χ3v) is 3.71. The Morgan fingerprint density at radius 2 is 2.12 bits per heavy atom. The van der Waals surface area contributed by atoms with Crippen molar-refractivity contribution in [2.24, 2.45) is 0 Å². The molecule has 0 aliphatic carbocycles. The molecule has 1 saturated heterocycles. The summed E-state index contributed by atoms with van der Waals surface area (Å²) < 4.78 is 20.8. The van der Waals surface area contributed by atoms with Gasteiger partial charge in [-0.1, -0.05) is 6.07 Å². The van der Waals surface area contributed by atoms with E-state index >= 15 is 0 Å². The van der Waals surface area contributed by atoms with Crippen molar-refractivity contribution in [2.45, 2.75) is 44.9 Å². The number of benzene rings is 1. The highest BCUT2D eigenvalue weighted by Gasteiger charge is 2.37. The Morgan fingerprint density at radius 3 is 2.69 bits per heavy atom. The number of rotatable bonds is 6. The number of carbonyl (C=O) groups is 2. The van der Waals surface area contributed by atoms with Crippen LogP contribution in [0.1, 0.15) is 25.3 Å². The van der Waals surface area contributed by atoms with E-state index in [9.17, 15) is 19.7 Å². The average molecular weight is 369 g/mol. The van der Waals surface area contributed by atoms with Crippen molar-refractivity contribution in [2.75, 3.05) is 7.11 Å². The van der Waals surface area contributed by atoms with Crippen LogP contribution in [0.25, 0.3) is 0 Å². The summed E-state index contributed by atoms with van der Waals surface area (Å²) in [7, 11) is 1.19. The molecule has 0 spiro atoms. The molecule has 1 heterocycles. The normalized spacial score (nSPS) is 22.3. The van der Waals surface area contributed by atoms with Crippen LogP contribution in [-0.4, -0.2) is 47.6 Å². The van der Waals surface area contributed by atoms with Gasteiger partial charge in [-0.15, -0.1) is 0 Å². The van der Waals surface area contributed by atoms with E-state index in [0.29, 0.717) is 5.56 Å². The van der Waals surface area contributed by atoms with Gasteiger partial charge in [-0.25, -0.2) is 4.79 Å². The van der Waals surface area contributed by atoms with Crippen LogP contribution in [0.5, 0.6) is 5.75 Å². The van der Waals surface area contributed by atoms with Gasteiger partial charge in [-0.05, 0) is 11.6 Å². The fraction of sp³-hybridized carbons (Fsp3) is 0.500. The van der Waals surface area contributed by atoms with Crippen LogP contribution in [0.2, 0.25) is 0 Å². The predicted octanol–water partition coefficient (Wildman–Crippen LogP) is 1.08. The van der Waals surface area contributed by atoms with Crippen LogP contribution in [0.3, 0.4) is 0 Å². The first-order valence-corrected chi connectivity index (χ1v) is 7.79. The van der Waals surface area contributed by atoms with Gasteiger partial charge in [-0.3, -0.25) is 14.9 Å². The van der Waals surface area contributed by atoms with Crippen molar-refractivity contribution in [1.29, 1.82) is 0 Å². The lowest BCUT2D eigenvalue weighted by Crippen LogP contribution is -2.44. The molecular weight excluding hydrogens is 350 g/mol. The minimum absolute atomic E-state index is 0.0893. The maximum absolute atomic E-state index is 11.8. The number of hydrogen-bond acceptors (Lipinski definition) is 9. The van der Waals surface area contributed by atoms with Crippen molar-refractivity contribution < 1.29 is 38.6 Å². The summed E-state index contributed by atoms with van der Waals surface area (Å²) >= 11 is 0. The highest BCUT2D eigenvalue weighted by molar-refractivity contribution is 5.74. The minimum atomic E-state index is -1.06. The van der Waals surface area contributed by atoms with Crippen LogP contribution < -0.4 is 4.74 Å². The molecule has 1 aromatic rings. The number of esters is 2. The largest absolute Gasteiger partial charge is 0.467 e. The second-order valence-electron chi connectivity index (χ2n) is 5.62. The summed E-state index contributed by atoms with van der Waals surface area (Å²) in [5.74, 6) is -1.29. The van der Waals surface area contributed by atoms with Crippen molar-refractivity contribution >= 4 is 17.6 Å². The molecule has 3 atom stereocenters. The number of ether oxygens (including phenoxy) is 4. The molecule has 2 rings (SSSR count). The Hall–Kier alpha value is -2.72. The molecule has 1 fully saturated rings. The Bertz CT molecular complexity index is 690. The molecule has 10 heteroatoms.